The molecule has 6 heteroatoms. The number of pyridine rings is 1. The summed E-state index contributed by atoms with van der Waals surface area (Å²) in [6.07, 6.45) is 4.92. The molecule has 0 radical (unpaired) electrons. The van der Waals surface area contributed by atoms with Crippen molar-refractivity contribution in [1.82, 2.24) is 15.0 Å². The van der Waals surface area contributed by atoms with E-state index in [0.717, 1.165) is 18.5 Å². The summed E-state index contributed by atoms with van der Waals surface area (Å²) in [6.45, 7) is 5.33. The molecule has 1 aliphatic carbocycles. The minimum absolute atomic E-state index is 0.0939. The van der Waals surface area contributed by atoms with Gasteiger partial charge in [0, 0.05) is 25.3 Å². The zero-order valence-electron chi connectivity index (χ0n) is 12.1. The maximum atomic E-state index is 12.0. The fourth-order valence-corrected chi connectivity index (χ4v) is 2.75. The lowest BCUT2D eigenvalue weighted by Crippen LogP contribution is -2.26. The van der Waals surface area contributed by atoms with Crippen LogP contribution in [0.3, 0.4) is 0 Å². The summed E-state index contributed by atoms with van der Waals surface area (Å²) in [5, 5.41) is 3.47. The first-order chi connectivity index (χ1) is 9.47. The predicted molar refractivity (Wildman–Crippen MR) is 78.7 cm³/mol. The lowest BCUT2D eigenvalue weighted by Gasteiger charge is -2.08. The second kappa shape index (κ2) is 6.65. The number of aromatic nitrogens is 1. The van der Waals surface area contributed by atoms with Gasteiger partial charge in [-0.1, -0.05) is 19.9 Å². The molecule has 1 aromatic rings. The van der Waals surface area contributed by atoms with Crippen molar-refractivity contribution in [1.29, 1.82) is 0 Å². The SMILES string of the molecule is CC(C)CCNS(=O)(=O)c1ccc(CNC2CC2)cn1. The second-order valence-corrected chi connectivity index (χ2v) is 7.45. The summed E-state index contributed by atoms with van der Waals surface area (Å²) >= 11 is 0. The largest absolute Gasteiger partial charge is 0.310 e. The van der Waals surface area contributed by atoms with Crippen LogP contribution in [0.4, 0.5) is 0 Å². The Bertz CT molecular complexity index is 522. The number of sulfonamides is 1. The summed E-state index contributed by atoms with van der Waals surface area (Å²) in [5.74, 6) is 0.474. The average Bonchev–Trinajstić information content (AvgIpc) is 3.20. The number of rotatable bonds is 8. The van der Waals surface area contributed by atoms with E-state index >= 15 is 0 Å². The molecule has 2 N–H and O–H groups in total. The van der Waals surface area contributed by atoms with Crippen molar-refractivity contribution in [3.8, 4) is 0 Å². The smallest absolute Gasteiger partial charge is 0.258 e. The van der Waals surface area contributed by atoms with Crippen molar-refractivity contribution < 1.29 is 8.42 Å². The minimum atomic E-state index is -3.47. The molecule has 0 spiro atoms. The van der Waals surface area contributed by atoms with E-state index in [9.17, 15) is 8.42 Å². The normalized spacial score (nSPS) is 15.8. The first kappa shape index (κ1) is 15.4. The van der Waals surface area contributed by atoms with Gasteiger partial charge in [-0.3, -0.25) is 0 Å². The van der Waals surface area contributed by atoms with Crippen molar-refractivity contribution in [2.45, 2.75) is 50.7 Å². The average molecular weight is 297 g/mol. The number of hydrogen-bond acceptors (Lipinski definition) is 4. The molecule has 1 fully saturated rings. The molecule has 0 atom stereocenters. The lowest BCUT2D eigenvalue weighted by molar-refractivity contribution is 0.549. The predicted octanol–water partition coefficient (Wildman–Crippen LogP) is 1.66. The Hall–Kier alpha value is -0.980. The highest BCUT2D eigenvalue weighted by molar-refractivity contribution is 7.89. The molecule has 1 saturated carbocycles. The van der Waals surface area contributed by atoms with Crippen LogP contribution in [-0.2, 0) is 16.6 Å². The van der Waals surface area contributed by atoms with Crippen LogP contribution in [0.1, 0.15) is 38.7 Å². The van der Waals surface area contributed by atoms with E-state index in [2.05, 4.69) is 28.9 Å². The number of nitrogens with zero attached hydrogens (tertiary/aromatic N) is 1. The summed E-state index contributed by atoms with van der Waals surface area (Å²) in [6, 6.07) is 4.03. The molecule has 1 aromatic heterocycles. The summed E-state index contributed by atoms with van der Waals surface area (Å²) in [7, 11) is -3.47. The molecule has 0 aromatic carbocycles. The molecule has 0 bridgehead atoms. The first-order valence-electron chi connectivity index (χ1n) is 7.15. The van der Waals surface area contributed by atoms with Crippen LogP contribution in [0.25, 0.3) is 0 Å². The Kier molecular flexibility index (Phi) is 5.12. The molecule has 0 aliphatic heterocycles. The Labute approximate surface area is 121 Å². The third kappa shape index (κ3) is 4.85. The van der Waals surface area contributed by atoms with E-state index in [1.54, 1.807) is 12.3 Å². The number of hydrogen-bond donors (Lipinski definition) is 2. The summed E-state index contributed by atoms with van der Waals surface area (Å²) < 4.78 is 26.6. The fraction of sp³-hybridized carbons (Fsp3) is 0.643. The van der Waals surface area contributed by atoms with Gasteiger partial charge in [-0.15, -0.1) is 0 Å². The van der Waals surface area contributed by atoms with Gasteiger partial charge in [0.2, 0.25) is 0 Å². The molecule has 0 unspecified atom stereocenters. The molecule has 5 nitrogen and oxygen atoms in total. The molecular formula is C14H23N3O2S. The van der Waals surface area contributed by atoms with Gasteiger partial charge in [-0.25, -0.2) is 18.1 Å². The van der Waals surface area contributed by atoms with Crippen molar-refractivity contribution >= 4 is 10.0 Å². The van der Waals surface area contributed by atoms with E-state index in [1.807, 2.05) is 6.07 Å². The fourth-order valence-electron chi connectivity index (χ4n) is 1.78. The van der Waals surface area contributed by atoms with E-state index in [1.165, 1.54) is 12.8 Å². The Morgan fingerprint density at radius 2 is 2.10 bits per heavy atom. The van der Waals surface area contributed by atoms with Crippen LogP contribution >= 0.6 is 0 Å². The van der Waals surface area contributed by atoms with Gasteiger partial charge >= 0.3 is 0 Å². The van der Waals surface area contributed by atoms with Gasteiger partial charge in [0.15, 0.2) is 5.03 Å². The van der Waals surface area contributed by atoms with Crippen molar-refractivity contribution in [2.75, 3.05) is 6.54 Å². The van der Waals surface area contributed by atoms with E-state index < -0.39 is 10.0 Å². The minimum Gasteiger partial charge on any atom is -0.310 e. The third-order valence-corrected chi connectivity index (χ3v) is 4.64. The monoisotopic (exact) mass is 297 g/mol. The molecular weight excluding hydrogens is 274 g/mol. The van der Waals surface area contributed by atoms with Crippen LogP contribution < -0.4 is 10.0 Å². The maximum Gasteiger partial charge on any atom is 0.258 e. The van der Waals surface area contributed by atoms with Crippen LogP contribution in [0, 0.1) is 5.92 Å². The van der Waals surface area contributed by atoms with E-state index in [4.69, 9.17) is 0 Å². The van der Waals surface area contributed by atoms with E-state index in [-0.39, 0.29) is 5.03 Å². The maximum absolute atomic E-state index is 12.0. The Morgan fingerprint density at radius 3 is 2.65 bits per heavy atom. The van der Waals surface area contributed by atoms with Crippen LogP contribution in [0.5, 0.6) is 0 Å². The van der Waals surface area contributed by atoms with Gasteiger partial charge < -0.3 is 5.32 Å². The number of nitrogens with one attached hydrogen (secondary N) is 2. The molecule has 1 aliphatic rings. The van der Waals surface area contributed by atoms with Crippen LogP contribution in [0.15, 0.2) is 23.4 Å². The molecule has 20 heavy (non-hydrogen) atoms. The molecule has 112 valence electrons. The zero-order chi connectivity index (χ0) is 14.6. The molecule has 2 rings (SSSR count). The summed E-state index contributed by atoms with van der Waals surface area (Å²) in [5.41, 5.74) is 1.01. The Morgan fingerprint density at radius 1 is 1.35 bits per heavy atom. The van der Waals surface area contributed by atoms with Crippen molar-refractivity contribution in [3.05, 3.63) is 23.9 Å². The van der Waals surface area contributed by atoms with Crippen molar-refractivity contribution in [3.63, 3.8) is 0 Å². The van der Waals surface area contributed by atoms with Gasteiger partial charge in [-0.05, 0) is 36.8 Å². The topological polar surface area (TPSA) is 71.1 Å². The van der Waals surface area contributed by atoms with Gasteiger partial charge in [0.05, 0.1) is 0 Å². The quantitative estimate of drug-likeness (QED) is 0.765. The van der Waals surface area contributed by atoms with Crippen LogP contribution in [0.2, 0.25) is 0 Å². The highest BCUT2D eigenvalue weighted by atomic mass is 32.2. The first-order valence-corrected chi connectivity index (χ1v) is 8.63. The standard InChI is InChI=1S/C14H23N3O2S/c1-11(2)7-8-17-20(18,19)14-6-3-12(10-16-14)9-15-13-4-5-13/h3,6,10-11,13,15,17H,4-5,7-9H2,1-2H3. The second-order valence-electron chi connectivity index (χ2n) is 5.74. The van der Waals surface area contributed by atoms with Crippen LogP contribution in [-0.4, -0.2) is 26.0 Å². The van der Waals surface area contributed by atoms with E-state index in [0.29, 0.717) is 18.5 Å². The molecule has 1 heterocycles. The van der Waals surface area contributed by atoms with Gasteiger partial charge in [0.25, 0.3) is 10.0 Å². The Balaban J connectivity index is 1.89. The third-order valence-electron chi connectivity index (χ3n) is 3.26. The van der Waals surface area contributed by atoms with Crippen molar-refractivity contribution in [2.24, 2.45) is 5.92 Å². The van der Waals surface area contributed by atoms with Gasteiger partial charge in [0.1, 0.15) is 0 Å². The van der Waals surface area contributed by atoms with Gasteiger partial charge in [-0.2, -0.15) is 0 Å². The molecule has 0 amide bonds. The molecule has 0 saturated heterocycles. The highest BCUT2D eigenvalue weighted by Crippen LogP contribution is 2.19. The lowest BCUT2D eigenvalue weighted by atomic mass is 10.1. The zero-order valence-corrected chi connectivity index (χ0v) is 12.9. The highest BCUT2D eigenvalue weighted by Gasteiger charge is 2.20. The summed E-state index contributed by atoms with van der Waals surface area (Å²) in [4.78, 5) is 4.06.